The van der Waals surface area contributed by atoms with Crippen LogP contribution in [0, 0.1) is 17.1 Å². The molecule has 0 bridgehead atoms. The van der Waals surface area contributed by atoms with Crippen molar-refractivity contribution >= 4 is 32.8 Å². The lowest BCUT2D eigenvalue weighted by atomic mass is 10.1. The fourth-order valence-corrected chi connectivity index (χ4v) is 4.73. The quantitative estimate of drug-likeness (QED) is 0.415. The van der Waals surface area contributed by atoms with Crippen LogP contribution < -0.4 is 16.0 Å². The molecule has 178 valence electrons. The Kier molecular flexibility index (Phi) is 6.19. The first-order valence-corrected chi connectivity index (χ1v) is 12.1. The Hall–Kier alpha value is -4.37. The molecule has 10 nitrogen and oxygen atoms in total. The zero-order chi connectivity index (χ0) is 25.3. The number of nitrogens with zero attached hydrogens (tertiary/aromatic N) is 5. The van der Waals surface area contributed by atoms with Gasteiger partial charge in [-0.3, -0.25) is 14.1 Å². The molecule has 3 N–H and O–H groups in total. The van der Waals surface area contributed by atoms with Crippen LogP contribution in [0.2, 0.25) is 0 Å². The average molecular weight is 494 g/mol. The fraction of sp³-hybridized carbons (Fsp3) is 0.174. The van der Waals surface area contributed by atoms with Crippen molar-refractivity contribution < 1.29 is 12.8 Å². The highest BCUT2D eigenvalue weighted by atomic mass is 32.2. The number of sulfonamides is 1. The summed E-state index contributed by atoms with van der Waals surface area (Å²) in [5.74, 6) is -1.30. The van der Waals surface area contributed by atoms with Crippen LogP contribution in [0.1, 0.15) is 31.0 Å². The minimum atomic E-state index is -3.95. The molecule has 0 saturated heterocycles. The topological polar surface area (TPSA) is 157 Å². The van der Waals surface area contributed by atoms with Crippen molar-refractivity contribution in [3.63, 3.8) is 0 Å². The highest BCUT2D eigenvalue weighted by molar-refractivity contribution is 7.91. The monoisotopic (exact) mass is 493 g/mol. The summed E-state index contributed by atoms with van der Waals surface area (Å²) < 4.78 is 43.6. The molecule has 0 amide bonds. The summed E-state index contributed by atoms with van der Waals surface area (Å²) in [6.07, 6.45) is 1.38. The number of benzene rings is 2. The first-order chi connectivity index (χ1) is 16.6. The van der Waals surface area contributed by atoms with E-state index in [0.29, 0.717) is 16.6 Å². The molecule has 0 spiro atoms. The van der Waals surface area contributed by atoms with Crippen LogP contribution in [-0.4, -0.2) is 27.9 Å². The normalized spacial score (nSPS) is 11.5. The van der Waals surface area contributed by atoms with Crippen molar-refractivity contribution in [3.05, 3.63) is 76.0 Å². The fourth-order valence-electron chi connectivity index (χ4n) is 3.53. The largest absolute Gasteiger partial charge is 0.368 e. The predicted octanol–water partition coefficient (Wildman–Crippen LogP) is 2.97. The van der Waals surface area contributed by atoms with Crippen LogP contribution >= 0.6 is 0 Å². The van der Waals surface area contributed by atoms with E-state index in [1.807, 2.05) is 6.07 Å². The van der Waals surface area contributed by atoms with Gasteiger partial charge in [-0.15, -0.1) is 0 Å². The Balaban J connectivity index is 1.67. The number of nitriles is 1. The first kappa shape index (κ1) is 23.8. The maximum absolute atomic E-state index is 14.9. The van der Waals surface area contributed by atoms with Crippen LogP contribution in [0.25, 0.3) is 22.4 Å². The standard InChI is InChI=1S/C23H20FN7O3S/c1-13(2)31-21-19(11-27-23(26)29-21)28-20(22(31)32)16-7-8-18(17(24)9-16)30-35(33,34)12-15-5-3-14(10-25)4-6-15/h3-9,11,13,30H,12H2,1-2H3,(H2,26,27,29). The highest BCUT2D eigenvalue weighted by Crippen LogP contribution is 2.25. The number of rotatable bonds is 6. The summed E-state index contributed by atoms with van der Waals surface area (Å²) >= 11 is 0. The lowest BCUT2D eigenvalue weighted by Gasteiger charge is -2.15. The van der Waals surface area contributed by atoms with Crippen LogP contribution in [0.15, 0.2) is 53.5 Å². The van der Waals surface area contributed by atoms with E-state index in [1.54, 1.807) is 13.8 Å². The lowest BCUT2D eigenvalue weighted by Crippen LogP contribution is -2.26. The van der Waals surface area contributed by atoms with E-state index < -0.39 is 27.2 Å². The van der Waals surface area contributed by atoms with Crippen molar-refractivity contribution in [1.82, 2.24) is 19.5 Å². The van der Waals surface area contributed by atoms with Gasteiger partial charge in [0, 0.05) is 11.6 Å². The minimum absolute atomic E-state index is 0.00969. The lowest BCUT2D eigenvalue weighted by molar-refractivity contribution is 0.593. The molecule has 0 fully saturated rings. The van der Waals surface area contributed by atoms with Gasteiger partial charge in [0.2, 0.25) is 16.0 Å². The summed E-state index contributed by atoms with van der Waals surface area (Å²) in [4.78, 5) is 25.5. The van der Waals surface area contributed by atoms with Gasteiger partial charge in [-0.2, -0.15) is 10.2 Å². The smallest absolute Gasteiger partial charge is 0.278 e. The molecule has 0 aliphatic carbocycles. The van der Waals surface area contributed by atoms with Crippen LogP contribution in [0.4, 0.5) is 16.0 Å². The average Bonchev–Trinajstić information content (AvgIpc) is 2.80. The molecule has 0 aliphatic rings. The van der Waals surface area contributed by atoms with Gasteiger partial charge in [0.1, 0.15) is 17.0 Å². The van der Waals surface area contributed by atoms with Gasteiger partial charge in [0.25, 0.3) is 5.56 Å². The second-order valence-corrected chi connectivity index (χ2v) is 9.75. The second kappa shape index (κ2) is 9.11. The molecule has 2 aromatic carbocycles. The SMILES string of the molecule is CC(C)n1c(=O)c(-c2ccc(NS(=O)(=O)Cc3ccc(C#N)cc3)c(F)c2)nc2cnc(N)nc21. The number of anilines is 2. The number of hydrogen-bond acceptors (Lipinski definition) is 8. The van der Waals surface area contributed by atoms with Gasteiger partial charge in [-0.05, 0) is 43.7 Å². The summed E-state index contributed by atoms with van der Waals surface area (Å²) in [6, 6.07) is 11.4. The number of fused-ring (bicyclic) bond motifs is 1. The van der Waals surface area contributed by atoms with Crippen molar-refractivity contribution in [2.75, 3.05) is 10.5 Å². The summed E-state index contributed by atoms with van der Waals surface area (Å²) in [5, 5.41) is 8.85. The Bertz CT molecular complexity index is 1640. The summed E-state index contributed by atoms with van der Waals surface area (Å²) in [5.41, 5.74) is 6.40. The van der Waals surface area contributed by atoms with Crippen molar-refractivity contribution in [3.8, 4) is 17.3 Å². The molecular weight excluding hydrogens is 473 g/mol. The Morgan fingerprint density at radius 3 is 2.51 bits per heavy atom. The van der Waals surface area contributed by atoms with Crippen molar-refractivity contribution in [1.29, 1.82) is 5.26 Å². The van der Waals surface area contributed by atoms with Gasteiger partial charge in [-0.1, -0.05) is 18.2 Å². The molecule has 12 heteroatoms. The Labute approximate surface area is 200 Å². The summed E-state index contributed by atoms with van der Waals surface area (Å²) in [7, 11) is -3.95. The van der Waals surface area contributed by atoms with E-state index in [4.69, 9.17) is 11.0 Å². The molecular formula is C23H20FN7O3S. The molecule has 4 rings (SSSR count). The Morgan fingerprint density at radius 1 is 1.17 bits per heavy atom. The third-order valence-corrected chi connectivity index (χ3v) is 6.36. The molecule has 2 aromatic heterocycles. The number of aromatic nitrogens is 4. The van der Waals surface area contributed by atoms with Gasteiger partial charge in [-0.25, -0.2) is 22.8 Å². The maximum atomic E-state index is 14.9. The van der Waals surface area contributed by atoms with E-state index in [1.165, 1.54) is 47.2 Å². The maximum Gasteiger partial charge on any atom is 0.278 e. The van der Waals surface area contributed by atoms with E-state index in [9.17, 15) is 17.6 Å². The van der Waals surface area contributed by atoms with E-state index >= 15 is 0 Å². The zero-order valence-corrected chi connectivity index (χ0v) is 19.5. The molecule has 0 unspecified atom stereocenters. The first-order valence-electron chi connectivity index (χ1n) is 10.4. The van der Waals surface area contributed by atoms with Crippen molar-refractivity contribution in [2.24, 2.45) is 0 Å². The number of nitrogen functional groups attached to an aromatic ring is 1. The van der Waals surface area contributed by atoms with Crippen LogP contribution in [0.3, 0.4) is 0 Å². The van der Waals surface area contributed by atoms with Crippen LogP contribution in [0.5, 0.6) is 0 Å². The van der Waals surface area contributed by atoms with Gasteiger partial charge in [0.05, 0.1) is 29.3 Å². The number of halogens is 1. The third-order valence-electron chi connectivity index (χ3n) is 5.11. The molecule has 2 heterocycles. The van der Waals surface area contributed by atoms with Gasteiger partial charge in [0.15, 0.2) is 5.65 Å². The summed E-state index contributed by atoms with van der Waals surface area (Å²) in [6.45, 7) is 3.57. The highest BCUT2D eigenvalue weighted by Gasteiger charge is 2.19. The molecule has 0 radical (unpaired) electrons. The third kappa shape index (κ3) is 4.95. The van der Waals surface area contributed by atoms with Gasteiger partial charge >= 0.3 is 0 Å². The van der Waals surface area contributed by atoms with Crippen molar-refractivity contribution in [2.45, 2.75) is 25.6 Å². The van der Waals surface area contributed by atoms with E-state index in [2.05, 4.69) is 19.7 Å². The number of hydrogen-bond donors (Lipinski definition) is 2. The number of nitrogens with two attached hydrogens (primary N) is 1. The second-order valence-electron chi connectivity index (χ2n) is 8.03. The zero-order valence-electron chi connectivity index (χ0n) is 18.7. The van der Waals surface area contributed by atoms with Crippen LogP contribution in [-0.2, 0) is 15.8 Å². The van der Waals surface area contributed by atoms with Gasteiger partial charge < -0.3 is 5.73 Å². The minimum Gasteiger partial charge on any atom is -0.368 e. The number of nitrogens with one attached hydrogen (secondary N) is 1. The predicted molar refractivity (Wildman–Crippen MR) is 129 cm³/mol. The Morgan fingerprint density at radius 2 is 1.89 bits per heavy atom. The van der Waals surface area contributed by atoms with E-state index in [-0.39, 0.29) is 34.6 Å². The molecule has 0 saturated carbocycles. The molecule has 4 aromatic rings. The molecule has 0 atom stereocenters. The molecule has 35 heavy (non-hydrogen) atoms. The van der Waals surface area contributed by atoms with E-state index in [0.717, 1.165) is 6.07 Å². The molecule has 0 aliphatic heterocycles.